The van der Waals surface area contributed by atoms with Gasteiger partial charge in [-0.05, 0) is 61.9 Å². The Morgan fingerprint density at radius 3 is 2.37 bits per heavy atom. The zero-order valence-electron chi connectivity index (χ0n) is 17.3. The molecule has 0 bridgehead atoms. The van der Waals surface area contributed by atoms with Gasteiger partial charge in [0.25, 0.3) is 5.91 Å². The molecule has 0 heterocycles. The highest BCUT2D eigenvalue weighted by Crippen LogP contribution is 2.18. The van der Waals surface area contributed by atoms with Gasteiger partial charge < -0.3 is 14.8 Å². The third kappa shape index (κ3) is 6.85. The lowest BCUT2D eigenvalue weighted by molar-refractivity contribution is 0.0926. The SMILES string of the molecule is Cc1ccccc1OC[C@@H](C)NC(=O)c1ccc(OCCSc2ccccc2)cc1. The van der Waals surface area contributed by atoms with E-state index < -0.39 is 0 Å². The zero-order chi connectivity index (χ0) is 21.2. The fourth-order valence-electron chi connectivity index (χ4n) is 2.82. The molecule has 3 aromatic rings. The van der Waals surface area contributed by atoms with Crippen LogP contribution in [0.2, 0.25) is 0 Å². The molecule has 4 nitrogen and oxygen atoms in total. The standard InChI is InChI=1S/C25H27NO3S/c1-19-8-6-7-11-24(19)29-18-20(2)26-25(27)21-12-14-22(15-13-21)28-16-17-30-23-9-4-3-5-10-23/h3-15,20H,16-18H2,1-2H3,(H,26,27)/t20-/m1/s1. The van der Waals surface area contributed by atoms with Gasteiger partial charge in [0.1, 0.15) is 18.1 Å². The minimum absolute atomic E-state index is 0.108. The summed E-state index contributed by atoms with van der Waals surface area (Å²) in [6.45, 7) is 4.95. The molecule has 0 radical (unpaired) electrons. The lowest BCUT2D eigenvalue weighted by Crippen LogP contribution is -2.36. The van der Waals surface area contributed by atoms with Crippen LogP contribution in [0.1, 0.15) is 22.8 Å². The smallest absolute Gasteiger partial charge is 0.251 e. The highest BCUT2D eigenvalue weighted by molar-refractivity contribution is 7.99. The van der Waals surface area contributed by atoms with Crippen molar-refractivity contribution in [2.24, 2.45) is 0 Å². The van der Waals surface area contributed by atoms with Crippen LogP contribution >= 0.6 is 11.8 Å². The number of para-hydroxylation sites is 1. The molecule has 3 rings (SSSR count). The van der Waals surface area contributed by atoms with Crippen molar-refractivity contribution < 1.29 is 14.3 Å². The van der Waals surface area contributed by atoms with E-state index in [-0.39, 0.29) is 11.9 Å². The van der Waals surface area contributed by atoms with Gasteiger partial charge in [-0.2, -0.15) is 0 Å². The van der Waals surface area contributed by atoms with E-state index in [1.54, 1.807) is 23.9 Å². The summed E-state index contributed by atoms with van der Waals surface area (Å²) in [6.07, 6.45) is 0. The zero-order valence-corrected chi connectivity index (χ0v) is 18.2. The first kappa shape index (κ1) is 21.8. The monoisotopic (exact) mass is 421 g/mol. The summed E-state index contributed by atoms with van der Waals surface area (Å²) < 4.78 is 11.6. The average molecular weight is 422 g/mol. The molecule has 1 N–H and O–H groups in total. The number of nitrogens with one attached hydrogen (secondary N) is 1. The molecule has 0 saturated heterocycles. The minimum Gasteiger partial charge on any atom is -0.493 e. The summed E-state index contributed by atoms with van der Waals surface area (Å²) in [5.74, 6) is 2.34. The third-order valence-electron chi connectivity index (χ3n) is 4.44. The van der Waals surface area contributed by atoms with E-state index in [1.165, 1.54) is 4.90 Å². The predicted molar refractivity (Wildman–Crippen MR) is 123 cm³/mol. The van der Waals surface area contributed by atoms with Crippen LogP contribution in [0.25, 0.3) is 0 Å². The number of ether oxygens (including phenoxy) is 2. The summed E-state index contributed by atoms with van der Waals surface area (Å²) in [5, 5.41) is 2.97. The number of amides is 1. The Kier molecular flexibility index (Phi) is 8.21. The van der Waals surface area contributed by atoms with Gasteiger partial charge in [0.2, 0.25) is 0 Å². The van der Waals surface area contributed by atoms with Crippen LogP contribution in [0.5, 0.6) is 11.5 Å². The van der Waals surface area contributed by atoms with Crippen molar-refractivity contribution in [3.63, 3.8) is 0 Å². The minimum atomic E-state index is -0.123. The molecule has 30 heavy (non-hydrogen) atoms. The molecule has 0 aliphatic rings. The van der Waals surface area contributed by atoms with E-state index in [1.807, 2.05) is 68.4 Å². The quantitative estimate of drug-likeness (QED) is 0.353. The Labute approximate surface area is 182 Å². The van der Waals surface area contributed by atoms with Crippen LogP contribution in [0.4, 0.5) is 0 Å². The number of hydrogen-bond acceptors (Lipinski definition) is 4. The molecule has 0 aliphatic carbocycles. The topological polar surface area (TPSA) is 47.6 Å². The number of benzene rings is 3. The fraction of sp³-hybridized carbons (Fsp3) is 0.240. The van der Waals surface area contributed by atoms with E-state index in [9.17, 15) is 4.79 Å². The average Bonchev–Trinajstić information content (AvgIpc) is 2.77. The maximum atomic E-state index is 12.5. The van der Waals surface area contributed by atoms with E-state index in [0.717, 1.165) is 22.8 Å². The van der Waals surface area contributed by atoms with Gasteiger partial charge in [0.15, 0.2) is 0 Å². The third-order valence-corrected chi connectivity index (χ3v) is 5.42. The van der Waals surface area contributed by atoms with Crippen molar-refractivity contribution in [1.82, 2.24) is 5.32 Å². The summed E-state index contributed by atoms with van der Waals surface area (Å²) >= 11 is 1.76. The van der Waals surface area contributed by atoms with E-state index >= 15 is 0 Å². The molecule has 0 aromatic heterocycles. The van der Waals surface area contributed by atoms with Gasteiger partial charge >= 0.3 is 0 Å². The van der Waals surface area contributed by atoms with Crippen LogP contribution in [-0.2, 0) is 0 Å². The maximum absolute atomic E-state index is 12.5. The Bertz CT molecular complexity index is 929. The Morgan fingerprint density at radius 1 is 0.933 bits per heavy atom. The van der Waals surface area contributed by atoms with Crippen molar-refractivity contribution in [2.75, 3.05) is 19.0 Å². The second-order valence-electron chi connectivity index (χ2n) is 6.99. The van der Waals surface area contributed by atoms with Gasteiger partial charge in [-0.15, -0.1) is 11.8 Å². The summed E-state index contributed by atoms with van der Waals surface area (Å²) in [5.41, 5.74) is 1.68. The first-order valence-electron chi connectivity index (χ1n) is 10.0. The van der Waals surface area contributed by atoms with Crippen molar-refractivity contribution in [1.29, 1.82) is 0 Å². The highest BCUT2D eigenvalue weighted by Gasteiger charge is 2.11. The number of hydrogen-bond donors (Lipinski definition) is 1. The lowest BCUT2D eigenvalue weighted by atomic mass is 10.2. The van der Waals surface area contributed by atoms with Crippen LogP contribution in [0, 0.1) is 6.92 Å². The first-order valence-corrected chi connectivity index (χ1v) is 11.0. The van der Waals surface area contributed by atoms with Crippen molar-refractivity contribution in [3.05, 3.63) is 90.0 Å². The molecule has 1 amide bonds. The molecule has 0 aliphatic heterocycles. The molecule has 0 fully saturated rings. The molecule has 156 valence electrons. The van der Waals surface area contributed by atoms with Crippen LogP contribution < -0.4 is 14.8 Å². The number of rotatable bonds is 10. The normalized spacial score (nSPS) is 11.5. The Balaban J connectivity index is 1.40. The van der Waals surface area contributed by atoms with Crippen molar-refractivity contribution in [3.8, 4) is 11.5 Å². The van der Waals surface area contributed by atoms with E-state index in [2.05, 4.69) is 17.4 Å². The van der Waals surface area contributed by atoms with Gasteiger partial charge in [-0.1, -0.05) is 36.4 Å². The van der Waals surface area contributed by atoms with Crippen LogP contribution in [-0.4, -0.2) is 30.9 Å². The van der Waals surface area contributed by atoms with Crippen LogP contribution in [0.15, 0.2) is 83.8 Å². The summed E-state index contributed by atoms with van der Waals surface area (Å²) in [4.78, 5) is 13.7. The molecular weight excluding hydrogens is 394 g/mol. The summed E-state index contributed by atoms with van der Waals surface area (Å²) in [6, 6.07) is 25.2. The number of thioether (sulfide) groups is 1. The van der Waals surface area contributed by atoms with Gasteiger partial charge in [-0.3, -0.25) is 4.79 Å². The fourth-order valence-corrected chi connectivity index (χ4v) is 3.57. The molecule has 1 atom stereocenters. The Hall–Kier alpha value is -2.92. The van der Waals surface area contributed by atoms with Crippen LogP contribution in [0.3, 0.4) is 0 Å². The molecule has 3 aromatic carbocycles. The second-order valence-corrected chi connectivity index (χ2v) is 8.15. The van der Waals surface area contributed by atoms with E-state index in [0.29, 0.717) is 18.8 Å². The van der Waals surface area contributed by atoms with Gasteiger partial charge in [-0.25, -0.2) is 0 Å². The maximum Gasteiger partial charge on any atom is 0.251 e. The number of carbonyl (C=O) groups excluding carboxylic acids is 1. The molecular formula is C25H27NO3S. The lowest BCUT2D eigenvalue weighted by Gasteiger charge is -2.16. The first-order chi connectivity index (χ1) is 14.6. The van der Waals surface area contributed by atoms with Crippen molar-refractivity contribution in [2.45, 2.75) is 24.8 Å². The molecule has 0 spiro atoms. The molecule has 0 saturated carbocycles. The molecule has 0 unspecified atom stereocenters. The number of carbonyl (C=O) groups is 1. The van der Waals surface area contributed by atoms with Crippen molar-refractivity contribution >= 4 is 17.7 Å². The van der Waals surface area contributed by atoms with Gasteiger partial charge in [0.05, 0.1) is 12.6 Å². The summed E-state index contributed by atoms with van der Waals surface area (Å²) in [7, 11) is 0. The Morgan fingerprint density at radius 2 is 1.63 bits per heavy atom. The highest BCUT2D eigenvalue weighted by atomic mass is 32.2. The van der Waals surface area contributed by atoms with E-state index in [4.69, 9.17) is 9.47 Å². The predicted octanol–water partition coefficient (Wildman–Crippen LogP) is 5.36. The number of aryl methyl sites for hydroxylation is 1. The van der Waals surface area contributed by atoms with Gasteiger partial charge in [0, 0.05) is 16.2 Å². The largest absolute Gasteiger partial charge is 0.493 e. The molecule has 5 heteroatoms. The second kappa shape index (κ2) is 11.3.